The average Bonchev–Trinajstić information content (AvgIpc) is 2.31. The van der Waals surface area contributed by atoms with E-state index in [9.17, 15) is 4.79 Å². The fraction of sp³-hybridized carbons (Fsp3) is 0.167. The summed E-state index contributed by atoms with van der Waals surface area (Å²) in [6, 6.07) is 9.83. The molecule has 0 unspecified atom stereocenters. The Morgan fingerprint density at radius 1 is 1.44 bits per heavy atom. The first-order valence-electron chi connectivity index (χ1n) is 4.75. The van der Waals surface area contributed by atoms with Crippen LogP contribution in [-0.2, 0) is 16.0 Å². The number of hydrogen-bond donors (Lipinski definition) is 0. The van der Waals surface area contributed by atoms with Gasteiger partial charge in [0.15, 0.2) is 0 Å². The van der Waals surface area contributed by atoms with Crippen LogP contribution < -0.4 is 0 Å². The Kier molecular flexibility index (Phi) is 6.02. The molecule has 0 saturated carbocycles. The Bertz CT molecular complexity index is 395. The molecule has 0 spiro atoms. The van der Waals surface area contributed by atoms with Gasteiger partial charge in [0.25, 0.3) is 0 Å². The molecular formula is C12H11NO2Se. The first-order valence-corrected chi connectivity index (χ1v) is 6.59. The third-order valence-electron chi connectivity index (χ3n) is 1.80. The van der Waals surface area contributed by atoms with Crippen LogP contribution in [0.2, 0.25) is 0 Å². The maximum atomic E-state index is 11.1. The Morgan fingerprint density at radius 2 is 2.19 bits per heavy atom. The third-order valence-corrected chi connectivity index (χ3v) is 2.59. The van der Waals surface area contributed by atoms with Crippen LogP contribution in [-0.4, -0.2) is 27.5 Å². The second kappa shape index (κ2) is 7.70. The van der Waals surface area contributed by atoms with Crippen LogP contribution in [0.3, 0.4) is 0 Å². The number of carbonyl (C=O) groups is 1. The molecule has 4 heteroatoms. The summed E-state index contributed by atoms with van der Waals surface area (Å²) >= 11 is -0.265. The van der Waals surface area contributed by atoms with Gasteiger partial charge < -0.3 is 0 Å². The van der Waals surface area contributed by atoms with Crippen LogP contribution >= 0.6 is 0 Å². The summed E-state index contributed by atoms with van der Waals surface area (Å²) in [4.78, 5) is 14.6. The summed E-state index contributed by atoms with van der Waals surface area (Å²) in [6.07, 6.45) is 2.03. The minimum absolute atomic E-state index is 0.265. The van der Waals surface area contributed by atoms with Crippen LogP contribution in [0.15, 0.2) is 41.4 Å². The molecule has 0 aliphatic carbocycles. The van der Waals surface area contributed by atoms with E-state index in [0.29, 0.717) is 13.0 Å². The van der Waals surface area contributed by atoms with E-state index >= 15 is 0 Å². The first-order chi connectivity index (χ1) is 7.83. The number of nitriles is 1. The zero-order valence-electron chi connectivity index (χ0n) is 8.63. The number of esters is 1. The van der Waals surface area contributed by atoms with Gasteiger partial charge in [-0.25, -0.2) is 0 Å². The number of carbonyl (C=O) groups excluding carboxylic acids is 1. The van der Waals surface area contributed by atoms with Crippen molar-refractivity contribution >= 4 is 20.9 Å². The van der Waals surface area contributed by atoms with Gasteiger partial charge in [0, 0.05) is 0 Å². The molecule has 0 radical (unpaired) electrons. The van der Waals surface area contributed by atoms with Crippen molar-refractivity contribution in [1.82, 2.24) is 0 Å². The summed E-state index contributed by atoms with van der Waals surface area (Å²) < 4.78 is 4.97. The van der Waals surface area contributed by atoms with Crippen LogP contribution in [0.25, 0.3) is 0 Å². The molecular weight excluding hydrogens is 269 g/mol. The molecule has 0 N–H and O–H groups in total. The molecule has 0 bridgehead atoms. The Hall–Kier alpha value is -1.56. The molecule has 1 aromatic rings. The summed E-state index contributed by atoms with van der Waals surface area (Å²) in [5.74, 6) is -0.381. The fourth-order valence-corrected chi connectivity index (χ4v) is 1.59. The number of ether oxygens (including phenoxy) is 1. The van der Waals surface area contributed by atoms with Crippen LogP contribution in [0, 0.1) is 10.2 Å². The molecule has 82 valence electrons. The molecule has 0 atom stereocenters. The van der Waals surface area contributed by atoms with Crippen LogP contribution in [0.4, 0.5) is 0 Å². The number of nitrogens with zero attached hydrogens (tertiary/aromatic N) is 1. The Labute approximate surface area is 101 Å². The van der Waals surface area contributed by atoms with Gasteiger partial charge in [-0.15, -0.1) is 0 Å². The van der Waals surface area contributed by atoms with E-state index in [1.807, 2.05) is 35.3 Å². The van der Waals surface area contributed by atoms with Crippen LogP contribution in [0.1, 0.15) is 5.56 Å². The molecule has 0 aliphatic heterocycles. The van der Waals surface area contributed by atoms with Crippen molar-refractivity contribution in [2.24, 2.45) is 0 Å². The predicted octanol–water partition coefficient (Wildman–Crippen LogP) is 1.47. The van der Waals surface area contributed by atoms with Gasteiger partial charge in [0.05, 0.1) is 0 Å². The van der Waals surface area contributed by atoms with E-state index in [-0.39, 0.29) is 20.9 Å². The van der Waals surface area contributed by atoms with E-state index in [1.165, 1.54) is 6.08 Å². The van der Waals surface area contributed by atoms with Crippen molar-refractivity contribution in [2.45, 2.75) is 6.42 Å². The Morgan fingerprint density at radius 3 is 2.88 bits per heavy atom. The second-order valence-corrected chi connectivity index (χ2v) is 4.36. The molecule has 3 nitrogen and oxygen atoms in total. The number of rotatable bonds is 5. The first kappa shape index (κ1) is 12.5. The fourth-order valence-electron chi connectivity index (χ4n) is 1.08. The number of hydrogen-bond acceptors (Lipinski definition) is 3. The zero-order valence-corrected chi connectivity index (χ0v) is 10.3. The predicted molar refractivity (Wildman–Crippen MR) is 61.6 cm³/mol. The number of benzene rings is 1. The van der Waals surface area contributed by atoms with Gasteiger partial charge >= 0.3 is 101 Å². The quantitative estimate of drug-likeness (QED) is 0.466. The average molecular weight is 280 g/mol. The van der Waals surface area contributed by atoms with Gasteiger partial charge in [-0.05, 0) is 0 Å². The summed E-state index contributed by atoms with van der Waals surface area (Å²) in [5, 5.41) is 8.28. The minimum atomic E-state index is -0.381. The topological polar surface area (TPSA) is 50.1 Å². The standard InChI is InChI=1S/C12H11NO2Se/c13-10-16-9-7-12(14)15-8-6-11-4-2-1-3-5-11/h1-5,7,9H,6,8H2/b9-7-. The third kappa shape index (κ3) is 5.35. The maximum absolute atomic E-state index is 11.1. The molecule has 0 saturated heterocycles. The van der Waals surface area contributed by atoms with Crippen molar-refractivity contribution < 1.29 is 9.53 Å². The van der Waals surface area contributed by atoms with Crippen molar-refractivity contribution in [3.05, 3.63) is 46.9 Å². The van der Waals surface area contributed by atoms with Crippen LogP contribution in [0.5, 0.6) is 0 Å². The summed E-state index contributed by atoms with van der Waals surface area (Å²) in [5.41, 5.74) is 1.14. The van der Waals surface area contributed by atoms with E-state index in [4.69, 9.17) is 10.00 Å². The summed E-state index contributed by atoms with van der Waals surface area (Å²) in [6.45, 7) is 0.368. The monoisotopic (exact) mass is 281 g/mol. The van der Waals surface area contributed by atoms with Gasteiger partial charge in [0.2, 0.25) is 0 Å². The molecule has 1 rings (SSSR count). The van der Waals surface area contributed by atoms with Gasteiger partial charge in [-0.3, -0.25) is 0 Å². The van der Waals surface area contributed by atoms with E-state index in [0.717, 1.165) is 5.56 Å². The SMILES string of the molecule is N#C[Se]/C=C\C(=O)OCCc1ccccc1. The van der Waals surface area contributed by atoms with Gasteiger partial charge in [-0.1, -0.05) is 0 Å². The summed E-state index contributed by atoms with van der Waals surface area (Å²) in [7, 11) is 0. The van der Waals surface area contributed by atoms with E-state index in [2.05, 4.69) is 0 Å². The molecule has 0 fully saturated rings. The van der Waals surface area contributed by atoms with Gasteiger partial charge in [0.1, 0.15) is 0 Å². The van der Waals surface area contributed by atoms with Crippen molar-refractivity contribution in [3.63, 3.8) is 0 Å². The molecule has 0 aliphatic rings. The van der Waals surface area contributed by atoms with Gasteiger partial charge in [-0.2, -0.15) is 0 Å². The van der Waals surface area contributed by atoms with E-state index < -0.39 is 0 Å². The molecule has 16 heavy (non-hydrogen) atoms. The Balaban J connectivity index is 2.21. The molecule has 0 aromatic heterocycles. The normalized spacial score (nSPS) is 9.94. The molecule has 0 amide bonds. The van der Waals surface area contributed by atoms with Crippen molar-refractivity contribution in [1.29, 1.82) is 5.26 Å². The second-order valence-electron chi connectivity index (χ2n) is 2.91. The molecule has 0 heterocycles. The van der Waals surface area contributed by atoms with Crippen molar-refractivity contribution in [2.75, 3.05) is 6.61 Å². The zero-order chi connectivity index (χ0) is 11.6. The molecule has 1 aromatic carbocycles. The van der Waals surface area contributed by atoms with E-state index in [1.54, 1.807) is 4.97 Å². The van der Waals surface area contributed by atoms with Crippen molar-refractivity contribution in [3.8, 4) is 4.97 Å².